The van der Waals surface area contributed by atoms with E-state index in [2.05, 4.69) is 9.97 Å². The second-order valence-electron chi connectivity index (χ2n) is 1.45. The summed E-state index contributed by atoms with van der Waals surface area (Å²) in [5, 5.41) is 0.828. The number of rotatable bonds is 1. The van der Waals surface area contributed by atoms with Gasteiger partial charge < -0.3 is 4.98 Å². The third-order valence-electron chi connectivity index (χ3n) is 0.856. The van der Waals surface area contributed by atoms with Crippen LogP contribution >= 0.6 is 11.8 Å². The van der Waals surface area contributed by atoms with E-state index in [4.69, 9.17) is 0 Å². The zero-order chi connectivity index (χ0) is 6.69. The second kappa shape index (κ2) is 2.68. The molecule has 0 unspecified atom stereocenters. The Labute approximate surface area is 56.5 Å². The van der Waals surface area contributed by atoms with Crippen LogP contribution in [0.4, 0.5) is 0 Å². The molecule has 1 heterocycles. The fourth-order valence-corrected chi connectivity index (χ4v) is 0.776. The lowest BCUT2D eigenvalue weighted by molar-refractivity contribution is 1.02. The molecule has 3 nitrogen and oxygen atoms in total. The zero-order valence-electron chi connectivity index (χ0n) is 4.92. The van der Waals surface area contributed by atoms with Crippen molar-refractivity contribution < 1.29 is 0 Å². The van der Waals surface area contributed by atoms with Gasteiger partial charge in [-0.2, -0.15) is 0 Å². The maximum Gasteiger partial charge on any atom is 0.266 e. The third kappa shape index (κ3) is 1.57. The normalized spacial score (nSPS) is 9.44. The van der Waals surface area contributed by atoms with Gasteiger partial charge in [-0.3, -0.25) is 4.79 Å². The van der Waals surface area contributed by atoms with Crippen LogP contribution in [0.5, 0.6) is 0 Å². The van der Waals surface area contributed by atoms with Crippen molar-refractivity contribution in [2.75, 3.05) is 6.26 Å². The lowest BCUT2D eigenvalue weighted by Gasteiger charge is -1.88. The first-order valence-corrected chi connectivity index (χ1v) is 3.64. The van der Waals surface area contributed by atoms with E-state index in [1.165, 1.54) is 18.0 Å². The summed E-state index contributed by atoms with van der Waals surface area (Å²) in [6, 6.07) is 0. The molecule has 0 aliphatic heterocycles. The molecule has 1 aromatic heterocycles. The summed E-state index contributed by atoms with van der Waals surface area (Å²) in [7, 11) is 0. The molecule has 1 aromatic rings. The van der Waals surface area contributed by atoms with E-state index in [1.807, 2.05) is 6.26 Å². The Kier molecular flexibility index (Phi) is 1.89. The maximum atomic E-state index is 10.4. The van der Waals surface area contributed by atoms with Crippen LogP contribution in [-0.2, 0) is 0 Å². The minimum Gasteiger partial charge on any atom is -0.325 e. The van der Waals surface area contributed by atoms with E-state index in [-0.39, 0.29) is 5.56 Å². The smallest absolute Gasteiger partial charge is 0.266 e. The maximum absolute atomic E-state index is 10.4. The molecule has 0 amide bonds. The van der Waals surface area contributed by atoms with Crippen molar-refractivity contribution in [2.24, 2.45) is 0 Å². The highest BCUT2D eigenvalue weighted by atomic mass is 32.2. The predicted molar refractivity (Wildman–Crippen MR) is 36.6 cm³/mol. The highest BCUT2D eigenvalue weighted by molar-refractivity contribution is 7.98. The molecule has 0 aromatic carbocycles. The Morgan fingerprint density at radius 2 is 2.56 bits per heavy atom. The van der Waals surface area contributed by atoms with Crippen LogP contribution in [0.25, 0.3) is 0 Å². The molecule has 0 saturated carbocycles. The minimum absolute atomic E-state index is 0.159. The molecule has 1 N–H and O–H groups in total. The van der Waals surface area contributed by atoms with E-state index in [0.29, 0.717) is 0 Å². The first-order chi connectivity index (χ1) is 4.33. The third-order valence-corrected chi connectivity index (χ3v) is 1.50. The van der Waals surface area contributed by atoms with Gasteiger partial charge in [0.1, 0.15) is 5.03 Å². The summed E-state index contributed by atoms with van der Waals surface area (Å²) >= 11 is 1.50. The van der Waals surface area contributed by atoms with E-state index >= 15 is 0 Å². The number of hydrogen-bond donors (Lipinski definition) is 1. The Morgan fingerprint density at radius 3 is 3.00 bits per heavy atom. The molecule has 0 bridgehead atoms. The fourth-order valence-electron chi connectivity index (χ4n) is 0.441. The Balaban J connectivity index is 3.02. The van der Waals surface area contributed by atoms with Crippen LogP contribution in [0.3, 0.4) is 0 Å². The first-order valence-electron chi connectivity index (χ1n) is 2.41. The Morgan fingerprint density at radius 1 is 1.78 bits per heavy atom. The van der Waals surface area contributed by atoms with Gasteiger partial charge in [-0.1, -0.05) is 0 Å². The lowest BCUT2D eigenvalue weighted by Crippen LogP contribution is -2.03. The quantitative estimate of drug-likeness (QED) is 0.580. The van der Waals surface area contributed by atoms with Gasteiger partial charge in [0.2, 0.25) is 0 Å². The molecule has 0 aliphatic carbocycles. The largest absolute Gasteiger partial charge is 0.325 e. The SMILES string of the molecule is CSc1c[nH]c(=O)cn1. The van der Waals surface area contributed by atoms with Crippen LogP contribution in [0.1, 0.15) is 0 Å². The van der Waals surface area contributed by atoms with Gasteiger partial charge in [-0.05, 0) is 6.26 Å². The van der Waals surface area contributed by atoms with Crippen molar-refractivity contribution in [3.05, 3.63) is 22.7 Å². The van der Waals surface area contributed by atoms with Gasteiger partial charge in [0.25, 0.3) is 5.56 Å². The molecule has 0 fully saturated rings. The molecule has 0 saturated heterocycles. The zero-order valence-corrected chi connectivity index (χ0v) is 5.73. The van der Waals surface area contributed by atoms with Gasteiger partial charge in [0, 0.05) is 6.20 Å². The van der Waals surface area contributed by atoms with Crippen molar-refractivity contribution >= 4 is 11.8 Å². The van der Waals surface area contributed by atoms with E-state index < -0.39 is 0 Å². The lowest BCUT2D eigenvalue weighted by atomic mass is 10.7. The topological polar surface area (TPSA) is 45.8 Å². The Bertz CT molecular complexity index is 224. The predicted octanol–water partition coefficient (Wildman–Crippen LogP) is 0.492. The number of H-pyrrole nitrogens is 1. The van der Waals surface area contributed by atoms with Crippen molar-refractivity contribution in [3.63, 3.8) is 0 Å². The number of aromatic nitrogens is 2. The van der Waals surface area contributed by atoms with Gasteiger partial charge in [0.15, 0.2) is 0 Å². The molecule has 0 spiro atoms. The van der Waals surface area contributed by atoms with Crippen LogP contribution in [0.2, 0.25) is 0 Å². The standard InChI is InChI=1S/C5H6N2OS/c1-9-5-3-6-4(8)2-7-5/h2-3H,1H3,(H,6,8). The van der Waals surface area contributed by atoms with E-state index in [9.17, 15) is 4.79 Å². The molecular weight excluding hydrogens is 136 g/mol. The van der Waals surface area contributed by atoms with E-state index in [1.54, 1.807) is 6.20 Å². The van der Waals surface area contributed by atoms with Gasteiger partial charge >= 0.3 is 0 Å². The fraction of sp³-hybridized carbons (Fsp3) is 0.200. The molecule has 48 valence electrons. The van der Waals surface area contributed by atoms with Crippen molar-refractivity contribution in [2.45, 2.75) is 5.03 Å². The molecule has 0 atom stereocenters. The number of nitrogens with zero attached hydrogens (tertiary/aromatic N) is 1. The molecule has 4 heteroatoms. The number of hydrogen-bond acceptors (Lipinski definition) is 3. The average Bonchev–Trinajstić information content (AvgIpc) is 1.90. The molecule has 1 rings (SSSR count). The van der Waals surface area contributed by atoms with Gasteiger partial charge in [-0.15, -0.1) is 11.8 Å². The van der Waals surface area contributed by atoms with Crippen molar-refractivity contribution in [1.29, 1.82) is 0 Å². The number of nitrogens with one attached hydrogen (secondary N) is 1. The van der Waals surface area contributed by atoms with Crippen molar-refractivity contribution in [3.8, 4) is 0 Å². The van der Waals surface area contributed by atoms with Crippen molar-refractivity contribution in [1.82, 2.24) is 9.97 Å². The Hall–Kier alpha value is -0.770. The van der Waals surface area contributed by atoms with Gasteiger partial charge in [-0.25, -0.2) is 4.98 Å². The number of aromatic amines is 1. The summed E-state index contributed by atoms with van der Waals surface area (Å²) in [5.41, 5.74) is -0.159. The van der Waals surface area contributed by atoms with Crippen LogP contribution in [-0.4, -0.2) is 16.2 Å². The summed E-state index contributed by atoms with van der Waals surface area (Å²) in [4.78, 5) is 16.7. The first kappa shape index (κ1) is 6.35. The van der Waals surface area contributed by atoms with E-state index in [0.717, 1.165) is 5.03 Å². The summed E-state index contributed by atoms with van der Waals surface area (Å²) < 4.78 is 0. The molecule has 0 radical (unpaired) electrons. The number of thioether (sulfide) groups is 1. The highest BCUT2D eigenvalue weighted by Crippen LogP contribution is 2.04. The average molecular weight is 142 g/mol. The highest BCUT2D eigenvalue weighted by Gasteiger charge is 1.86. The molecule has 0 aliphatic rings. The second-order valence-corrected chi connectivity index (χ2v) is 2.28. The van der Waals surface area contributed by atoms with Crippen LogP contribution < -0.4 is 5.56 Å². The summed E-state index contributed by atoms with van der Waals surface area (Å²) in [5.74, 6) is 0. The summed E-state index contributed by atoms with van der Waals surface area (Å²) in [6.45, 7) is 0. The van der Waals surface area contributed by atoms with Gasteiger partial charge in [0.05, 0.1) is 6.20 Å². The van der Waals surface area contributed by atoms with Crippen LogP contribution in [0, 0.1) is 0 Å². The molecular formula is C5H6N2OS. The van der Waals surface area contributed by atoms with Crippen LogP contribution in [0.15, 0.2) is 22.2 Å². The minimum atomic E-state index is -0.159. The molecule has 9 heavy (non-hydrogen) atoms. The monoisotopic (exact) mass is 142 g/mol. The summed E-state index contributed by atoms with van der Waals surface area (Å²) in [6.07, 6.45) is 4.76.